The van der Waals surface area contributed by atoms with Gasteiger partial charge in [-0.1, -0.05) is 0 Å². The zero-order valence-electron chi connectivity index (χ0n) is 13.3. The molecule has 122 valence electrons. The summed E-state index contributed by atoms with van der Waals surface area (Å²) in [5.74, 6) is 0.355. The fraction of sp³-hybridized carbons (Fsp3) is 0.467. The molecule has 0 bridgehead atoms. The number of hydrogen-bond acceptors (Lipinski definition) is 6. The predicted octanol–water partition coefficient (Wildman–Crippen LogP) is 2.11. The van der Waals surface area contributed by atoms with Crippen LogP contribution in [0, 0.1) is 17.0 Å². The number of rotatable bonds is 4. The largest absolute Gasteiger partial charge is 0.367 e. The first kappa shape index (κ1) is 15.3. The van der Waals surface area contributed by atoms with Gasteiger partial charge in [0.1, 0.15) is 0 Å². The molecule has 0 spiro atoms. The molecule has 1 aliphatic heterocycles. The number of anilines is 2. The van der Waals surface area contributed by atoms with Crippen molar-refractivity contribution in [2.75, 3.05) is 23.3 Å². The van der Waals surface area contributed by atoms with E-state index in [0.717, 1.165) is 31.6 Å². The summed E-state index contributed by atoms with van der Waals surface area (Å²) in [6.07, 6.45) is 7.41. The van der Waals surface area contributed by atoms with Crippen molar-refractivity contribution in [3.63, 3.8) is 0 Å². The Bertz CT molecular complexity index is 714. The van der Waals surface area contributed by atoms with Gasteiger partial charge in [0, 0.05) is 44.1 Å². The average molecular weight is 316 g/mol. The van der Waals surface area contributed by atoms with Crippen molar-refractivity contribution in [3.05, 3.63) is 40.3 Å². The van der Waals surface area contributed by atoms with Crippen molar-refractivity contribution in [1.29, 1.82) is 0 Å². The van der Waals surface area contributed by atoms with Gasteiger partial charge >= 0.3 is 5.69 Å². The molecule has 1 atom stereocenters. The Morgan fingerprint density at radius 1 is 1.48 bits per heavy atom. The number of nitro groups is 1. The first-order valence-corrected chi connectivity index (χ1v) is 7.64. The van der Waals surface area contributed by atoms with Gasteiger partial charge in [-0.25, -0.2) is 4.98 Å². The smallest absolute Gasteiger partial charge is 0.314 e. The topological polar surface area (TPSA) is 89.1 Å². The third kappa shape index (κ3) is 3.25. The molecule has 1 fully saturated rings. The Morgan fingerprint density at radius 2 is 2.30 bits per heavy atom. The fourth-order valence-electron chi connectivity index (χ4n) is 2.98. The lowest BCUT2D eigenvalue weighted by Crippen LogP contribution is -2.42. The van der Waals surface area contributed by atoms with Gasteiger partial charge in [0.2, 0.25) is 5.82 Å². The van der Waals surface area contributed by atoms with Crippen LogP contribution in [-0.4, -0.2) is 38.8 Å². The number of aryl methyl sites for hydroxylation is 2. The van der Waals surface area contributed by atoms with Crippen LogP contribution in [0.2, 0.25) is 0 Å². The zero-order valence-corrected chi connectivity index (χ0v) is 13.3. The predicted molar refractivity (Wildman–Crippen MR) is 87.7 cm³/mol. The van der Waals surface area contributed by atoms with Crippen molar-refractivity contribution >= 4 is 17.2 Å². The monoisotopic (exact) mass is 316 g/mol. The summed E-state index contributed by atoms with van der Waals surface area (Å²) in [6.45, 7) is 3.47. The zero-order chi connectivity index (χ0) is 16.4. The second-order valence-corrected chi connectivity index (χ2v) is 5.88. The SMILES string of the molecule is Cc1ccnc(NC2CCCN(c3cnn(C)c3)C2)c1[N+](=O)[O-]. The minimum absolute atomic E-state index is 0.0611. The second-order valence-electron chi connectivity index (χ2n) is 5.88. The molecule has 1 N–H and O–H groups in total. The summed E-state index contributed by atoms with van der Waals surface area (Å²) < 4.78 is 1.78. The summed E-state index contributed by atoms with van der Waals surface area (Å²) in [4.78, 5) is 17.3. The Kier molecular flexibility index (Phi) is 4.14. The summed E-state index contributed by atoms with van der Waals surface area (Å²) >= 11 is 0. The molecular formula is C15H20N6O2. The van der Waals surface area contributed by atoms with Crippen LogP contribution < -0.4 is 10.2 Å². The van der Waals surface area contributed by atoms with Crippen LogP contribution in [0.15, 0.2) is 24.7 Å². The van der Waals surface area contributed by atoms with Crippen LogP contribution in [0.1, 0.15) is 18.4 Å². The third-order valence-electron chi connectivity index (χ3n) is 4.13. The molecule has 1 saturated heterocycles. The van der Waals surface area contributed by atoms with Crippen LogP contribution in [0.25, 0.3) is 0 Å². The van der Waals surface area contributed by atoms with E-state index in [1.165, 1.54) is 0 Å². The van der Waals surface area contributed by atoms with Gasteiger partial charge in [-0.3, -0.25) is 14.8 Å². The number of hydrogen-bond donors (Lipinski definition) is 1. The van der Waals surface area contributed by atoms with E-state index in [1.54, 1.807) is 23.9 Å². The van der Waals surface area contributed by atoms with Gasteiger partial charge in [-0.15, -0.1) is 0 Å². The fourth-order valence-corrected chi connectivity index (χ4v) is 2.98. The lowest BCUT2D eigenvalue weighted by Gasteiger charge is -2.34. The molecular weight excluding hydrogens is 296 g/mol. The van der Waals surface area contributed by atoms with E-state index in [-0.39, 0.29) is 16.7 Å². The first-order valence-electron chi connectivity index (χ1n) is 7.64. The maximum atomic E-state index is 11.3. The van der Waals surface area contributed by atoms with E-state index in [9.17, 15) is 10.1 Å². The molecule has 2 aromatic heterocycles. The van der Waals surface area contributed by atoms with Crippen molar-refractivity contribution in [2.45, 2.75) is 25.8 Å². The molecule has 0 radical (unpaired) electrons. The summed E-state index contributed by atoms with van der Waals surface area (Å²) in [5.41, 5.74) is 1.75. The third-order valence-corrected chi connectivity index (χ3v) is 4.13. The first-order chi connectivity index (χ1) is 11.0. The maximum Gasteiger partial charge on any atom is 0.314 e. The minimum Gasteiger partial charge on any atom is -0.367 e. The van der Waals surface area contributed by atoms with E-state index in [0.29, 0.717) is 11.4 Å². The number of pyridine rings is 1. The van der Waals surface area contributed by atoms with E-state index in [1.807, 2.05) is 19.4 Å². The second kappa shape index (κ2) is 6.23. The van der Waals surface area contributed by atoms with Gasteiger partial charge in [0.15, 0.2) is 0 Å². The molecule has 23 heavy (non-hydrogen) atoms. The maximum absolute atomic E-state index is 11.3. The minimum atomic E-state index is -0.369. The molecule has 0 aliphatic carbocycles. The average Bonchev–Trinajstić information content (AvgIpc) is 2.94. The van der Waals surface area contributed by atoms with Gasteiger partial charge in [-0.2, -0.15) is 5.10 Å². The Hall–Kier alpha value is -2.64. The highest BCUT2D eigenvalue weighted by molar-refractivity contribution is 5.60. The van der Waals surface area contributed by atoms with E-state index in [4.69, 9.17) is 0 Å². The molecule has 2 aromatic rings. The molecule has 3 heterocycles. The molecule has 0 aromatic carbocycles. The summed E-state index contributed by atoms with van der Waals surface area (Å²) in [6, 6.07) is 1.78. The highest BCUT2D eigenvalue weighted by Gasteiger charge is 2.25. The number of nitrogens with zero attached hydrogens (tertiary/aromatic N) is 5. The van der Waals surface area contributed by atoms with Crippen molar-refractivity contribution in [3.8, 4) is 0 Å². The van der Waals surface area contributed by atoms with E-state index >= 15 is 0 Å². The highest BCUT2D eigenvalue weighted by Crippen LogP contribution is 2.28. The van der Waals surface area contributed by atoms with Gasteiger partial charge in [-0.05, 0) is 25.8 Å². The molecule has 1 aliphatic rings. The number of nitrogens with one attached hydrogen (secondary N) is 1. The molecule has 0 amide bonds. The lowest BCUT2D eigenvalue weighted by atomic mass is 10.1. The molecule has 1 unspecified atom stereocenters. The normalized spacial score (nSPS) is 18.0. The standard InChI is InChI=1S/C15H20N6O2/c1-11-5-6-16-15(14(11)21(22)23)18-12-4-3-7-20(9-12)13-8-17-19(2)10-13/h5-6,8,10,12H,3-4,7,9H2,1-2H3,(H,16,18). The lowest BCUT2D eigenvalue weighted by molar-refractivity contribution is -0.384. The van der Waals surface area contributed by atoms with Gasteiger partial charge in [0.05, 0.1) is 16.8 Å². The van der Waals surface area contributed by atoms with Crippen LogP contribution >= 0.6 is 0 Å². The highest BCUT2D eigenvalue weighted by atomic mass is 16.6. The molecule has 8 nitrogen and oxygen atoms in total. The van der Waals surface area contributed by atoms with Crippen molar-refractivity contribution in [2.24, 2.45) is 7.05 Å². The van der Waals surface area contributed by atoms with Gasteiger partial charge < -0.3 is 10.2 Å². The van der Waals surface area contributed by atoms with Crippen molar-refractivity contribution < 1.29 is 4.92 Å². The quantitative estimate of drug-likeness (QED) is 0.686. The number of aromatic nitrogens is 3. The molecule has 3 rings (SSSR count). The molecule has 8 heteroatoms. The molecule has 0 saturated carbocycles. The summed E-state index contributed by atoms with van der Waals surface area (Å²) in [7, 11) is 1.89. The van der Waals surface area contributed by atoms with E-state index < -0.39 is 0 Å². The number of piperidine rings is 1. The van der Waals surface area contributed by atoms with E-state index in [2.05, 4.69) is 20.3 Å². The Morgan fingerprint density at radius 3 is 3.00 bits per heavy atom. The Balaban J connectivity index is 1.76. The van der Waals surface area contributed by atoms with Crippen LogP contribution in [0.4, 0.5) is 17.2 Å². The van der Waals surface area contributed by atoms with Crippen LogP contribution in [0.3, 0.4) is 0 Å². The van der Waals surface area contributed by atoms with Crippen LogP contribution in [0.5, 0.6) is 0 Å². The summed E-state index contributed by atoms with van der Waals surface area (Å²) in [5, 5.41) is 18.7. The van der Waals surface area contributed by atoms with Crippen LogP contribution in [-0.2, 0) is 7.05 Å². The Labute approximate surface area is 134 Å². The van der Waals surface area contributed by atoms with Crippen molar-refractivity contribution in [1.82, 2.24) is 14.8 Å². The van der Waals surface area contributed by atoms with Gasteiger partial charge in [0.25, 0.3) is 0 Å².